The van der Waals surface area contributed by atoms with Crippen molar-refractivity contribution in [1.29, 1.82) is 0 Å². The minimum atomic E-state index is -0.524. The fourth-order valence-corrected chi connectivity index (χ4v) is 5.59. The molecule has 8 nitrogen and oxygen atoms in total. The van der Waals surface area contributed by atoms with Crippen molar-refractivity contribution >= 4 is 18.1 Å². The molecule has 2 aromatic rings. The number of hydrogen-bond donors (Lipinski definition) is 1. The minimum Gasteiger partial charge on any atom is -0.468 e. The van der Waals surface area contributed by atoms with E-state index in [1.54, 1.807) is 10.9 Å². The molecule has 0 radical (unpaired) electrons. The molecule has 2 unspecified atom stereocenters. The summed E-state index contributed by atoms with van der Waals surface area (Å²) in [6, 6.07) is 11.2. The van der Waals surface area contributed by atoms with Crippen molar-refractivity contribution in [3.63, 3.8) is 0 Å². The van der Waals surface area contributed by atoms with Gasteiger partial charge in [0.05, 0.1) is 13.3 Å². The van der Waals surface area contributed by atoms with Crippen LogP contribution in [0.25, 0.3) is 6.08 Å². The van der Waals surface area contributed by atoms with Gasteiger partial charge < -0.3 is 19.7 Å². The zero-order chi connectivity index (χ0) is 28.0. The summed E-state index contributed by atoms with van der Waals surface area (Å²) in [6.07, 6.45) is 11.7. The highest BCUT2D eigenvalue weighted by atomic mass is 16.6. The molecule has 1 amide bonds. The Kier molecular flexibility index (Phi) is 9.49. The van der Waals surface area contributed by atoms with Crippen LogP contribution in [0.1, 0.15) is 77.3 Å². The number of ether oxygens (including phenoxy) is 2. The summed E-state index contributed by atoms with van der Waals surface area (Å²) in [5.41, 5.74) is 3.13. The lowest BCUT2D eigenvalue weighted by molar-refractivity contribution is -0.141. The van der Waals surface area contributed by atoms with E-state index in [0.717, 1.165) is 44.1 Å². The molecular formula is C31H44N4O4. The average Bonchev–Trinajstić information content (AvgIpc) is 3.55. The van der Waals surface area contributed by atoms with Crippen molar-refractivity contribution in [1.82, 2.24) is 20.0 Å². The Morgan fingerprint density at radius 1 is 1.15 bits per heavy atom. The first-order chi connectivity index (χ1) is 18.7. The van der Waals surface area contributed by atoms with E-state index in [-0.39, 0.29) is 30.7 Å². The van der Waals surface area contributed by atoms with Crippen molar-refractivity contribution in [3.8, 4) is 0 Å². The second-order valence-electron chi connectivity index (χ2n) is 11.8. The topological polar surface area (TPSA) is 85.7 Å². The molecule has 4 rings (SSSR count). The normalized spacial score (nSPS) is 23.3. The van der Waals surface area contributed by atoms with E-state index in [4.69, 9.17) is 9.47 Å². The van der Waals surface area contributed by atoms with Crippen molar-refractivity contribution < 1.29 is 19.1 Å². The number of benzene rings is 1. The van der Waals surface area contributed by atoms with Gasteiger partial charge in [-0.25, -0.2) is 4.79 Å². The third kappa shape index (κ3) is 8.18. The molecule has 2 fully saturated rings. The summed E-state index contributed by atoms with van der Waals surface area (Å²) in [5.74, 6) is 0.0742. The van der Waals surface area contributed by atoms with Crippen LogP contribution in [0.15, 0.2) is 48.3 Å². The van der Waals surface area contributed by atoms with E-state index < -0.39 is 5.60 Å². The molecule has 0 bridgehead atoms. The molecule has 1 N–H and O–H groups in total. The molecular weight excluding hydrogens is 492 g/mol. The molecule has 1 heterocycles. The summed E-state index contributed by atoms with van der Waals surface area (Å²) in [4.78, 5) is 27.0. The standard InChI is InChI=1S/C31H44N4O4/c1-6-24(16-22-10-8-7-9-11-22)27-17-28(27)35(30(37)39-31(2,3)4)26-14-12-25(13-15-26)32-18-23-19-33-34(20-23)21-29(36)38-5/h7-11,16,19-20,25-28,32H,6,12-15,17-18,21H2,1-5H3. The van der Waals surface area contributed by atoms with E-state index >= 15 is 0 Å². The van der Waals surface area contributed by atoms with E-state index in [2.05, 4.69) is 52.6 Å². The minimum absolute atomic E-state index is 0.116. The van der Waals surface area contributed by atoms with Gasteiger partial charge in [-0.15, -0.1) is 0 Å². The first-order valence-electron chi connectivity index (χ1n) is 14.2. The van der Waals surface area contributed by atoms with Crippen LogP contribution in [0.3, 0.4) is 0 Å². The zero-order valence-corrected chi connectivity index (χ0v) is 24.1. The predicted molar refractivity (Wildman–Crippen MR) is 152 cm³/mol. The number of carbonyl (C=O) groups is 2. The Hall–Kier alpha value is -3.13. The molecule has 1 aromatic heterocycles. The summed E-state index contributed by atoms with van der Waals surface area (Å²) in [7, 11) is 1.38. The summed E-state index contributed by atoms with van der Waals surface area (Å²) >= 11 is 0. The third-order valence-electron chi connectivity index (χ3n) is 7.64. The fraction of sp³-hybridized carbons (Fsp3) is 0.581. The zero-order valence-electron chi connectivity index (χ0n) is 24.1. The van der Waals surface area contributed by atoms with Gasteiger partial charge in [0.25, 0.3) is 0 Å². The lowest BCUT2D eigenvalue weighted by Gasteiger charge is -2.38. The number of amides is 1. The van der Waals surface area contributed by atoms with Crippen LogP contribution in [0, 0.1) is 5.92 Å². The van der Waals surface area contributed by atoms with Gasteiger partial charge in [-0.05, 0) is 64.9 Å². The quantitative estimate of drug-likeness (QED) is 0.399. The van der Waals surface area contributed by atoms with Gasteiger partial charge in [-0.3, -0.25) is 9.48 Å². The average molecular weight is 537 g/mol. The summed E-state index contributed by atoms with van der Waals surface area (Å²) in [5, 5.41) is 7.89. The van der Waals surface area contributed by atoms with Gasteiger partial charge in [0.15, 0.2) is 0 Å². The molecule has 0 aliphatic heterocycles. The Bertz CT molecular complexity index is 1130. The van der Waals surface area contributed by atoms with Crippen LogP contribution in [-0.4, -0.2) is 57.6 Å². The SMILES string of the molecule is CCC(=Cc1ccccc1)C1CC1N(C(=O)OC(C)(C)C)C1CCC(NCc2cnn(CC(=O)OC)c2)CC1. The molecule has 2 saturated carbocycles. The highest BCUT2D eigenvalue weighted by Crippen LogP contribution is 2.46. The predicted octanol–water partition coefficient (Wildman–Crippen LogP) is 5.58. The molecule has 0 saturated heterocycles. The number of esters is 1. The number of aromatic nitrogens is 2. The third-order valence-corrected chi connectivity index (χ3v) is 7.64. The molecule has 2 aliphatic rings. The maximum Gasteiger partial charge on any atom is 0.410 e. The smallest absolute Gasteiger partial charge is 0.410 e. The van der Waals surface area contributed by atoms with Crippen LogP contribution in [0.2, 0.25) is 0 Å². The second kappa shape index (κ2) is 12.8. The first-order valence-corrected chi connectivity index (χ1v) is 14.2. The number of methoxy groups -OCH3 is 1. The molecule has 1 aromatic carbocycles. The maximum atomic E-state index is 13.5. The van der Waals surface area contributed by atoms with Crippen LogP contribution in [0.4, 0.5) is 4.79 Å². The number of rotatable bonds is 10. The van der Waals surface area contributed by atoms with E-state index in [1.807, 2.05) is 33.0 Å². The van der Waals surface area contributed by atoms with Gasteiger partial charge in [0, 0.05) is 42.3 Å². The van der Waals surface area contributed by atoms with Crippen molar-refractivity contribution in [3.05, 3.63) is 59.4 Å². The van der Waals surface area contributed by atoms with E-state index in [9.17, 15) is 9.59 Å². The Morgan fingerprint density at radius 2 is 1.87 bits per heavy atom. The molecule has 8 heteroatoms. The number of nitrogens with one attached hydrogen (secondary N) is 1. The van der Waals surface area contributed by atoms with Gasteiger partial charge in [0.2, 0.25) is 0 Å². The summed E-state index contributed by atoms with van der Waals surface area (Å²) < 4.78 is 12.2. The van der Waals surface area contributed by atoms with Crippen molar-refractivity contribution in [2.24, 2.45) is 5.92 Å². The molecule has 2 atom stereocenters. The highest BCUT2D eigenvalue weighted by Gasteiger charge is 2.49. The Labute approximate surface area is 232 Å². The van der Waals surface area contributed by atoms with Gasteiger partial charge in [-0.1, -0.05) is 48.9 Å². The highest BCUT2D eigenvalue weighted by molar-refractivity contribution is 5.70. The number of hydrogen-bond acceptors (Lipinski definition) is 6. The van der Waals surface area contributed by atoms with Crippen LogP contribution in [-0.2, 0) is 27.4 Å². The van der Waals surface area contributed by atoms with Crippen LogP contribution >= 0.6 is 0 Å². The van der Waals surface area contributed by atoms with Crippen molar-refractivity contribution in [2.45, 2.75) is 103 Å². The first kappa shape index (κ1) is 28.9. The van der Waals surface area contributed by atoms with Crippen LogP contribution < -0.4 is 5.32 Å². The maximum absolute atomic E-state index is 13.5. The van der Waals surface area contributed by atoms with Crippen molar-refractivity contribution in [2.75, 3.05) is 7.11 Å². The lowest BCUT2D eigenvalue weighted by atomic mass is 9.89. The Balaban J connectivity index is 1.36. The fourth-order valence-electron chi connectivity index (χ4n) is 5.59. The van der Waals surface area contributed by atoms with Gasteiger partial charge >= 0.3 is 12.1 Å². The largest absolute Gasteiger partial charge is 0.468 e. The van der Waals surface area contributed by atoms with E-state index in [1.165, 1.54) is 18.2 Å². The van der Waals surface area contributed by atoms with Gasteiger partial charge in [-0.2, -0.15) is 5.10 Å². The molecule has 39 heavy (non-hydrogen) atoms. The number of nitrogens with zero attached hydrogens (tertiary/aromatic N) is 3. The van der Waals surface area contributed by atoms with Crippen LogP contribution in [0.5, 0.6) is 0 Å². The monoisotopic (exact) mass is 536 g/mol. The second-order valence-corrected chi connectivity index (χ2v) is 11.8. The Morgan fingerprint density at radius 3 is 2.51 bits per heavy atom. The van der Waals surface area contributed by atoms with E-state index in [0.29, 0.717) is 18.5 Å². The molecule has 212 valence electrons. The number of carbonyl (C=O) groups excluding carboxylic acids is 2. The van der Waals surface area contributed by atoms with Gasteiger partial charge in [0.1, 0.15) is 12.1 Å². The lowest BCUT2D eigenvalue weighted by Crippen LogP contribution is -2.48. The summed E-state index contributed by atoms with van der Waals surface area (Å²) in [6.45, 7) is 8.83. The molecule has 0 spiro atoms. The molecule has 2 aliphatic carbocycles.